The average Bonchev–Trinajstić information content (AvgIpc) is 2.57. The molecule has 0 atom stereocenters. The number of hydrogen-bond donors (Lipinski definition) is 0. The Kier molecular flexibility index (Phi) is 4.95. The summed E-state index contributed by atoms with van der Waals surface area (Å²) in [6.45, 7) is 0.605. The first-order valence-corrected chi connectivity index (χ1v) is 10.9. The zero-order valence-corrected chi connectivity index (χ0v) is 15.5. The first-order valence-electron chi connectivity index (χ1n) is 9.94. The van der Waals surface area contributed by atoms with Crippen LogP contribution >= 0.6 is 11.8 Å². The smallest absolute Gasteiger partial charge is 0.316 e. The third-order valence-corrected chi connectivity index (χ3v) is 7.97. The summed E-state index contributed by atoms with van der Waals surface area (Å²) in [4.78, 5) is 24.3. The summed E-state index contributed by atoms with van der Waals surface area (Å²) in [7, 11) is 0. The van der Waals surface area contributed by atoms with Crippen LogP contribution in [0, 0.1) is 29.1 Å². The molecule has 4 bridgehead atoms. The second kappa shape index (κ2) is 7.01. The first-order chi connectivity index (χ1) is 11.6. The van der Waals surface area contributed by atoms with Crippen LogP contribution in [0.2, 0.25) is 0 Å². The van der Waals surface area contributed by atoms with Crippen molar-refractivity contribution in [3.63, 3.8) is 0 Å². The Morgan fingerprint density at radius 1 is 0.917 bits per heavy atom. The Bertz CT molecular complexity index is 460. The van der Waals surface area contributed by atoms with Crippen LogP contribution in [-0.4, -0.2) is 23.4 Å². The molecule has 3 nitrogen and oxygen atoms in total. The van der Waals surface area contributed by atoms with Crippen molar-refractivity contribution < 1.29 is 14.3 Å². The SMILES string of the molecule is O=C(CSC(=O)C1CCCCC1)OCC12CC3CC(CC(C3)C1)C2. The Morgan fingerprint density at radius 3 is 2.08 bits per heavy atom. The first kappa shape index (κ1) is 16.9. The minimum Gasteiger partial charge on any atom is -0.464 e. The lowest BCUT2D eigenvalue weighted by atomic mass is 9.50. The highest BCUT2D eigenvalue weighted by atomic mass is 32.2. The fourth-order valence-electron chi connectivity index (χ4n) is 6.33. The molecule has 4 heteroatoms. The Morgan fingerprint density at radius 2 is 1.50 bits per heavy atom. The molecule has 0 aliphatic heterocycles. The van der Waals surface area contributed by atoms with Crippen molar-refractivity contribution in [1.29, 1.82) is 0 Å². The Hall–Kier alpha value is -0.510. The van der Waals surface area contributed by atoms with Gasteiger partial charge in [-0.25, -0.2) is 0 Å². The molecule has 0 aromatic heterocycles. The van der Waals surface area contributed by atoms with Crippen molar-refractivity contribution in [1.82, 2.24) is 0 Å². The molecule has 5 rings (SSSR count). The summed E-state index contributed by atoms with van der Waals surface area (Å²) in [6.07, 6.45) is 13.6. The van der Waals surface area contributed by atoms with Crippen LogP contribution in [0.25, 0.3) is 0 Å². The highest BCUT2D eigenvalue weighted by Gasteiger charge is 2.51. The molecule has 5 saturated carbocycles. The largest absolute Gasteiger partial charge is 0.464 e. The molecule has 0 heterocycles. The van der Waals surface area contributed by atoms with Gasteiger partial charge >= 0.3 is 5.97 Å². The van der Waals surface area contributed by atoms with Crippen LogP contribution in [0.4, 0.5) is 0 Å². The molecule has 5 aliphatic carbocycles. The number of carbonyl (C=O) groups excluding carboxylic acids is 2. The maximum Gasteiger partial charge on any atom is 0.316 e. The molecule has 0 radical (unpaired) electrons. The van der Waals surface area contributed by atoms with Crippen LogP contribution in [0.15, 0.2) is 0 Å². The van der Waals surface area contributed by atoms with Crippen LogP contribution in [0.1, 0.15) is 70.6 Å². The van der Waals surface area contributed by atoms with E-state index in [1.54, 1.807) is 0 Å². The average molecular weight is 351 g/mol. The monoisotopic (exact) mass is 350 g/mol. The lowest BCUT2D eigenvalue weighted by Gasteiger charge is -2.56. The van der Waals surface area contributed by atoms with Gasteiger partial charge in [-0.05, 0) is 69.1 Å². The standard InChI is InChI=1S/C20H30O3S/c21-18(12-24-19(22)17-4-2-1-3-5-17)23-13-20-9-14-6-15(10-20)8-16(7-14)11-20/h14-17H,1-13H2. The molecule has 0 spiro atoms. The van der Waals surface area contributed by atoms with Crippen LogP contribution in [-0.2, 0) is 14.3 Å². The van der Waals surface area contributed by atoms with E-state index in [0.717, 1.165) is 43.4 Å². The number of carbonyl (C=O) groups is 2. The van der Waals surface area contributed by atoms with Gasteiger partial charge in [0.15, 0.2) is 5.12 Å². The predicted octanol–water partition coefficient (Wildman–Crippen LogP) is 4.59. The molecule has 0 amide bonds. The molecule has 5 aliphatic rings. The van der Waals surface area contributed by atoms with Crippen molar-refractivity contribution in [3.05, 3.63) is 0 Å². The molecule has 24 heavy (non-hydrogen) atoms. The number of esters is 1. The van der Waals surface area contributed by atoms with E-state index in [1.165, 1.54) is 56.7 Å². The van der Waals surface area contributed by atoms with Gasteiger partial charge in [0.05, 0.1) is 12.4 Å². The highest BCUT2D eigenvalue weighted by molar-refractivity contribution is 8.14. The quantitative estimate of drug-likeness (QED) is 0.680. The second-order valence-corrected chi connectivity index (χ2v) is 10.0. The number of hydrogen-bond acceptors (Lipinski definition) is 4. The third kappa shape index (κ3) is 3.68. The summed E-state index contributed by atoms with van der Waals surface area (Å²) in [5, 5.41) is 0.210. The molecule has 134 valence electrons. The molecule has 0 saturated heterocycles. The molecule has 0 aromatic rings. The molecule has 0 unspecified atom stereocenters. The normalized spacial score (nSPS) is 38.2. The molecule has 0 aromatic carbocycles. The number of ether oxygens (including phenoxy) is 1. The van der Waals surface area contributed by atoms with Crippen LogP contribution < -0.4 is 0 Å². The predicted molar refractivity (Wildman–Crippen MR) is 95.6 cm³/mol. The fourth-order valence-corrected chi connectivity index (χ4v) is 7.14. The minimum absolute atomic E-state index is 0.180. The highest BCUT2D eigenvalue weighted by Crippen LogP contribution is 2.60. The Balaban J connectivity index is 1.21. The van der Waals surface area contributed by atoms with Crippen molar-refractivity contribution in [2.24, 2.45) is 29.1 Å². The van der Waals surface area contributed by atoms with Gasteiger partial charge in [-0.15, -0.1) is 0 Å². The zero-order chi connectivity index (χ0) is 16.6. The molecule has 0 N–H and O–H groups in total. The van der Waals surface area contributed by atoms with Gasteiger partial charge in [0, 0.05) is 11.3 Å². The molecular weight excluding hydrogens is 320 g/mol. The summed E-state index contributed by atoms with van der Waals surface area (Å²) in [6, 6.07) is 0. The van der Waals surface area contributed by atoms with Crippen molar-refractivity contribution in [2.75, 3.05) is 12.4 Å². The van der Waals surface area contributed by atoms with Gasteiger partial charge in [0.25, 0.3) is 0 Å². The van der Waals surface area contributed by atoms with Gasteiger partial charge in [-0.1, -0.05) is 31.0 Å². The lowest BCUT2D eigenvalue weighted by molar-refractivity contribution is -0.152. The zero-order valence-electron chi connectivity index (χ0n) is 14.6. The van der Waals surface area contributed by atoms with Crippen molar-refractivity contribution in [3.8, 4) is 0 Å². The van der Waals surface area contributed by atoms with Gasteiger partial charge in [0.1, 0.15) is 0 Å². The number of rotatable bonds is 5. The maximum absolute atomic E-state index is 12.2. The van der Waals surface area contributed by atoms with Crippen LogP contribution in [0.5, 0.6) is 0 Å². The van der Waals surface area contributed by atoms with E-state index < -0.39 is 0 Å². The minimum atomic E-state index is -0.181. The summed E-state index contributed by atoms with van der Waals surface area (Å²) in [5.41, 5.74) is 0.280. The second-order valence-electron chi connectivity index (χ2n) is 9.02. The molecular formula is C20H30O3S. The summed E-state index contributed by atoms with van der Waals surface area (Å²) < 4.78 is 5.65. The lowest BCUT2D eigenvalue weighted by Crippen LogP contribution is -2.48. The van der Waals surface area contributed by atoms with E-state index in [-0.39, 0.29) is 28.2 Å². The van der Waals surface area contributed by atoms with E-state index in [1.807, 2.05) is 0 Å². The van der Waals surface area contributed by atoms with Crippen molar-refractivity contribution in [2.45, 2.75) is 70.6 Å². The van der Waals surface area contributed by atoms with Gasteiger partial charge in [-0.3, -0.25) is 9.59 Å². The molecule has 5 fully saturated rings. The van der Waals surface area contributed by atoms with E-state index >= 15 is 0 Å². The van der Waals surface area contributed by atoms with E-state index in [2.05, 4.69) is 0 Å². The van der Waals surface area contributed by atoms with Crippen molar-refractivity contribution >= 4 is 22.8 Å². The van der Waals surface area contributed by atoms with E-state index in [9.17, 15) is 9.59 Å². The van der Waals surface area contributed by atoms with E-state index in [4.69, 9.17) is 4.74 Å². The maximum atomic E-state index is 12.2. The third-order valence-electron chi connectivity index (χ3n) is 6.98. The van der Waals surface area contributed by atoms with Gasteiger partial charge < -0.3 is 4.74 Å². The van der Waals surface area contributed by atoms with E-state index in [0.29, 0.717) is 6.61 Å². The summed E-state index contributed by atoms with van der Waals surface area (Å²) in [5.74, 6) is 2.87. The number of thioether (sulfide) groups is 1. The Labute approximate surface area is 149 Å². The van der Waals surface area contributed by atoms with Crippen LogP contribution in [0.3, 0.4) is 0 Å². The summed E-state index contributed by atoms with van der Waals surface area (Å²) >= 11 is 1.19. The van der Waals surface area contributed by atoms with Gasteiger partial charge in [0.2, 0.25) is 0 Å². The van der Waals surface area contributed by atoms with Gasteiger partial charge in [-0.2, -0.15) is 0 Å². The fraction of sp³-hybridized carbons (Fsp3) is 0.900. The topological polar surface area (TPSA) is 43.4 Å².